The molecule has 0 heterocycles. The van der Waals surface area contributed by atoms with Gasteiger partial charge in [-0.15, -0.1) is 0 Å². The van der Waals surface area contributed by atoms with E-state index in [1.54, 1.807) is 0 Å². The van der Waals surface area contributed by atoms with E-state index in [0.29, 0.717) is 0 Å². The number of fused-ring (bicyclic) bond motifs is 5. The molecule has 0 aromatic heterocycles. The Morgan fingerprint density at radius 2 is 1.13 bits per heavy atom. The molecule has 0 fully saturated rings. The number of hydrogen-bond acceptors (Lipinski definition) is 0. The van der Waals surface area contributed by atoms with Gasteiger partial charge >= 0.3 is 0 Å². The Hall–Kier alpha value is -3.38. The molecule has 0 amide bonds. The number of benzene rings is 5. The molecule has 30 heavy (non-hydrogen) atoms. The Morgan fingerprint density at radius 1 is 0.500 bits per heavy atom. The molecule has 0 radical (unpaired) electrons. The van der Waals surface area contributed by atoms with Crippen LogP contribution in [-0.2, 0) is 5.41 Å². The summed E-state index contributed by atoms with van der Waals surface area (Å²) in [6.07, 6.45) is 0. The van der Waals surface area contributed by atoms with Gasteiger partial charge in [0.25, 0.3) is 0 Å². The zero-order chi connectivity index (χ0) is 19.6. The van der Waals surface area contributed by atoms with Crippen LogP contribution in [0.5, 0.6) is 0 Å². The normalized spacial score (nSPS) is 13.7. The molecule has 0 unspecified atom stereocenters. The molecule has 1 aliphatic carbocycles. The first-order valence-electron chi connectivity index (χ1n) is 10.3. The minimum Gasteiger partial charge on any atom is -0.0776 e. The highest BCUT2D eigenvalue weighted by Crippen LogP contribution is 2.51. The first-order chi connectivity index (χ1) is 14.1. The maximum Gasteiger partial charge on any atom is 0.0159 e. The van der Waals surface area contributed by atoms with Gasteiger partial charge in [0.15, 0.2) is 0 Å². The van der Waals surface area contributed by atoms with Crippen LogP contribution in [0.15, 0.2) is 97.1 Å². The van der Waals surface area contributed by atoms with Crippen molar-refractivity contribution in [3.63, 3.8) is 0 Å². The Bertz CT molecular complexity index is 1410. The van der Waals surface area contributed by atoms with Crippen molar-refractivity contribution in [1.82, 2.24) is 0 Å². The summed E-state index contributed by atoms with van der Waals surface area (Å²) >= 11 is 0. The summed E-state index contributed by atoms with van der Waals surface area (Å²) in [5.74, 6) is 0. The summed E-state index contributed by atoms with van der Waals surface area (Å²) < 4.78 is 0. The lowest BCUT2D eigenvalue weighted by Crippen LogP contribution is -2.15. The van der Waals surface area contributed by atoms with Gasteiger partial charge in [-0.2, -0.15) is 0 Å². The van der Waals surface area contributed by atoms with Crippen molar-refractivity contribution in [2.75, 3.05) is 0 Å². The molecule has 0 N–H and O–H groups in total. The third kappa shape index (κ3) is 2.53. The maximum atomic E-state index is 2.42. The van der Waals surface area contributed by atoms with Crippen molar-refractivity contribution in [1.29, 1.82) is 0 Å². The average molecular weight is 387 g/mol. The fourth-order valence-electron chi connectivity index (χ4n) is 5.07. The van der Waals surface area contributed by atoms with Crippen LogP contribution in [0.2, 0.25) is 0 Å². The molecule has 0 heteroatoms. The zero-order valence-corrected chi connectivity index (χ0v) is 16.7. The molecule has 146 valence electrons. The summed E-state index contributed by atoms with van der Waals surface area (Å²) in [6.45, 7) is 4.72. The molecule has 5 aromatic carbocycles. The van der Waals surface area contributed by atoms with Crippen molar-refractivity contribution in [3.05, 3.63) is 108 Å². The van der Waals surface area contributed by atoms with Crippen LogP contribution in [0, 0.1) is 0 Å². The monoisotopic (exact) mass is 386 g/mol. The van der Waals surface area contributed by atoms with Gasteiger partial charge in [-0.25, -0.2) is 0 Å². The highest BCUT2D eigenvalue weighted by atomic mass is 14.4. The molecule has 5 aromatic rings. The Morgan fingerprint density at radius 3 is 1.93 bits per heavy atom. The van der Waals surface area contributed by atoms with Gasteiger partial charge in [-0.05, 0) is 73.1 Å². The predicted molar refractivity (Wildman–Crippen MR) is 131 cm³/mol. The highest BCUT2D eigenvalue weighted by Gasteiger charge is 2.35. The van der Waals surface area contributed by atoms with Gasteiger partial charge in [0, 0.05) is 5.41 Å². The molecule has 0 spiro atoms. The smallest absolute Gasteiger partial charge is 0.0159 e. The number of hydrogen-bond donors (Lipinski definition) is 0. The third-order valence-corrected chi connectivity index (χ3v) is 6.64. The van der Waals surface area contributed by atoms with Crippen molar-refractivity contribution < 1.29 is 0 Å². The fourth-order valence-corrected chi connectivity index (χ4v) is 5.07. The molecule has 0 nitrogen and oxygen atoms in total. The van der Waals surface area contributed by atoms with E-state index in [9.17, 15) is 0 Å². The SMILES string of the molecule is C.CC1(C)c2cc(-c3cccc4ccccc34)ccc2-c2cc3ccccc3cc21. The molecule has 0 saturated carbocycles. The van der Waals surface area contributed by atoms with Gasteiger partial charge in [0.2, 0.25) is 0 Å². The van der Waals surface area contributed by atoms with E-state index in [2.05, 4.69) is 111 Å². The minimum absolute atomic E-state index is 0. The van der Waals surface area contributed by atoms with Crippen LogP contribution >= 0.6 is 0 Å². The highest BCUT2D eigenvalue weighted by molar-refractivity contribution is 5.98. The van der Waals surface area contributed by atoms with Crippen molar-refractivity contribution >= 4 is 21.5 Å². The van der Waals surface area contributed by atoms with Crippen molar-refractivity contribution in [3.8, 4) is 22.3 Å². The summed E-state index contributed by atoms with van der Waals surface area (Å²) in [5, 5.41) is 5.24. The van der Waals surface area contributed by atoms with E-state index >= 15 is 0 Å². The largest absolute Gasteiger partial charge is 0.0776 e. The quantitative estimate of drug-likeness (QED) is 0.270. The fraction of sp³-hybridized carbons (Fsp3) is 0.133. The average Bonchev–Trinajstić information content (AvgIpc) is 2.98. The Balaban J connectivity index is 0.00000193. The second kappa shape index (κ2) is 6.57. The van der Waals surface area contributed by atoms with Crippen LogP contribution < -0.4 is 0 Å². The van der Waals surface area contributed by atoms with Gasteiger partial charge in [0.05, 0.1) is 0 Å². The summed E-state index contributed by atoms with van der Waals surface area (Å²) in [4.78, 5) is 0. The van der Waals surface area contributed by atoms with E-state index in [1.165, 1.54) is 54.9 Å². The van der Waals surface area contributed by atoms with E-state index in [-0.39, 0.29) is 12.8 Å². The lowest BCUT2D eigenvalue weighted by Gasteiger charge is -2.22. The molecule has 0 atom stereocenters. The predicted octanol–water partition coefficient (Wildman–Crippen LogP) is 8.60. The molecule has 6 rings (SSSR count). The van der Waals surface area contributed by atoms with Crippen LogP contribution in [-0.4, -0.2) is 0 Å². The first-order valence-corrected chi connectivity index (χ1v) is 10.3. The maximum absolute atomic E-state index is 2.42. The van der Waals surface area contributed by atoms with Crippen LogP contribution in [0.4, 0.5) is 0 Å². The van der Waals surface area contributed by atoms with Gasteiger partial charge in [0.1, 0.15) is 0 Å². The lowest BCUT2D eigenvalue weighted by atomic mass is 9.81. The second-order valence-electron chi connectivity index (χ2n) is 8.66. The molecule has 0 aliphatic heterocycles. The first kappa shape index (κ1) is 18.6. The van der Waals surface area contributed by atoms with Crippen molar-refractivity contribution in [2.24, 2.45) is 0 Å². The van der Waals surface area contributed by atoms with Gasteiger partial charge in [-0.3, -0.25) is 0 Å². The summed E-state index contributed by atoms with van der Waals surface area (Å²) in [7, 11) is 0. The molecule has 0 saturated heterocycles. The molecular weight excluding hydrogens is 360 g/mol. The van der Waals surface area contributed by atoms with Crippen LogP contribution in [0.1, 0.15) is 32.4 Å². The third-order valence-electron chi connectivity index (χ3n) is 6.64. The van der Waals surface area contributed by atoms with E-state index in [1.807, 2.05) is 0 Å². The Kier molecular flexibility index (Phi) is 4.08. The zero-order valence-electron chi connectivity index (χ0n) is 16.7. The topological polar surface area (TPSA) is 0 Å². The summed E-state index contributed by atoms with van der Waals surface area (Å²) in [5.41, 5.74) is 8.21. The van der Waals surface area contributed by atoms with Crippen LogP contribution in [0.25, 0.3) is 43.8 Å². The van der Waals surface area contributed by atoms with Crippen LogP contribution in [0.3, 0.4) is 0 Å². The molecule has 1 aliphatic rings. The number of rotatable bonds is 1. The lowest BCUT2D eigenvalue weighted by molar-refractivity contribution is 0.661. The van der Waals surface area contributed by atoms with Crippen molar-refractivity contribution in [2.45, 2.75) is 26.7 Å². The van der Waals surface area contributed by atoms with E-state index < -0.39 is 0 Å². The standard InChI is InChI=1S/C29H22.CH4/c1-29(2)27-18-22(24-13-7-11-19-8-5-6-12-23(19)24)14-15-25(27)26-16-20-9-3-4-10-21(20)17-28(26)29;/h3-18H,1-2H3;1H4. The summed E-state index contributed by atoms with van der Waals surface area (Å²) in [6, 6.07) is 35.7. The second-order valence-corrected chi connectivity index (χ2v) is 8.66. The Labute approximate surface area is 178 Å². The minimum atomic E-state index is -0.00467. The molecule has 0 bridgehead atoms. The van der Waals surface area contributed by atoms with Gasteiger partial charge in [-0.1, -0.05) is 100 Å². The van der Waals surface area contributed by atoms with E-state index in [4.69, 9.17) is 0 Å². The van der Waals surface area contributed by atoms with Gasteiger partial charge < -0.3 is 0 Å². The van der Waals surface area contributed by atoms with E-state index in [0.717, 1.165) is 0 Å². The molecular formula is C30H26.